The number of nitrogens with two attached hydrogens (primary N) is 1. The predicted molar refractivity (Wildman–Crippen MR) is 55.8 cm³/mol. The normalized spacial score (nSPS) is 22.5. The predicted octanol–water partition coefficient (Wildman–Crippen LogP) is 0.484. The van der Waals surface area contributed by atoms with Crippen molar-refractivity contribution in [3.63, 3.8) is 0 Å². The van der Waals surface area contributed by atoms with Crippen LogP contribution in [0.5, 0.6) is 0 Å². The van der Waals surface area contributed by atoms with Crippen molar-refractivity contribution >= 4 is 0 Å². The highest BCUT2D eigenvalue weighted by molar-refractivity contribution is 4.92. The lowest BCUT2D eigenvalue weighted by Crippen LogP contribution is -2.37. The average Bonchev–Trinajstić information content (AvgIpc) is 2.67. The van der Waals surface area contributed by atoms with Gasteiger partial charge in [0.25, 0.3) is 0 Å². The van der Waals surface area contributed by atoms with E-state index >= 15 is 0 Å². The van der Waals surface area contributed by atoms with E-state index in [0.29, 0.717) is 12.6 Å². The number of rotatable bonds is 3. The lowest BCUT2D eigenvalue weighted by atomic mass is 10.1. The largest absolute Gasteiger partial charge is 0.332 e. The summed E-state index contributed by atoms with van der Waals surface area (Å²) in [6, 6.07) is 0.600. The molecule has 1 aliphatic rings. The second-order valence-electron chi connectivity index (χ2n) is 3.85. The van der Waals surface area contributed by atoms with Gasteiger partial charge in [-0.25, -0.2) is 4.98 Å². The number of hydrogen-bond donors (Lipinski definition) is 2. The van der Waals surface area contributed by atoms with E-state index in [9.17, 15) is 0 Å². The molecular formula is C10H18N4. The first-order valence-electron chi connectivity index (χ1n) is 5.33. The summed E-state index contributed by atoms with van der Waals surface area (Å²) in [4.78, 5) is 4.21. The van der Waals surface area contributed by atoms with E-state index in [1.54, 1.807) is 0 Å². The third-order valence-corrected chi connectivity index (χ3v) is 2.81. The van der Waals surface area contributed by atoms with Crippen LogP contribution in [0.4, 0.5) is 0 Å². The van der Waals surface area contributed by atoms with Crippen molar-refractivity contribution < 1.29 is 0 Å². The van der Waals surface area contributed by atoms with Crippen LogP contribution in [0.15, 0.2) is 12.4 Å². The highest BCUT2D eigenvalue weighted by atomic mass is 15.1. The fourth-order valence-electron chi connectivity index (χ4n) is 2.01. The van der Waals surface area contributed by atoms with Gasteiger partial charge < -0.3 is 15.6 Å². The molecule has 1 aromatic heterocycles. The van der Waals surface area contributed by atoms with Gasteiger partial charge in [-0.05, 0) is 19.4 Å². The van der Waals surface area contributed by atoms with Crippen molar-refractivity contribution in [3.8, 4) is 0 Å². The first-order valence-corrected chi connectivity index (χ1v) is 5.33. The van der Waals surface area contributed by atoms with Crippen LogP contribution in [0.1, 0.15) is 25.1 Å². The molecule has 78 valence electrons. The standard InChI is InChI=1S/C10H18N4/c11-7-10-13-5-6-14(10)8-9-3-1-2-4-12-9/h5-6,9,12H,1-4,7-8,11H2. The number of piperidine rings is 1. The maximum Gasteiger partial charge on any atom is 0.122 e. The molecule has 0 aliphatic carbocycles. The van der Waals surface area contributed by atoms with Gasteiger partial charge in [0.2, 0.25) is 0 Å². The van der Waals surface area contributed by atoms with Gasteiger partial charge in [-0.1, -0.05) is 6.42 Å². The molecule has 1 aromatic rings. The van der Waals surface area contributed by atoms with Gasteiger partial charge >= 0.3 is 0 Å². The van der Waals surface area contributed by atoms with Crippen LogP contribution in [0, 0.1) is 0 Å². The van der Waals surface area contributed by atoms with E-state index in [1.165, 1.54) is 19.3 Å². The first-order chi connectivity index (χ1) is 6.90. The molecule has 1 atom stereocenters. The lowest BCUT2D eigenvalue weighted by molar-refractivity contribution is 0.359. The molecule has 0 aromatic carbocycles. The molecule has 0 bridgehead atoms. The Bertz CT molecular complexity index is 275. The summed E-state index contributed by atoms with van der Waals surface area (Å²) in [5.74, 6) is 0.984. The van der Waals surface area contributed by atoms with Crippen molar-refractivity contribution in [1.82, 2.24) is 14.9 Å². The van der Waals surface area contributed by atoms with Gasteiger partial charge in [0.1, 0.15) is 5.82 Å². The van der Waals surface area contributed by atoms with Gasteiger partial charge in [-0.2, -0.15) is 0 Å². The topological polar surface area (TPSA) is 55.9 Å². The second-order valence-corrected chi connectivity index (χ2v) is 3.85. The van der Waals surface area contributed by atoms with Crippen LogP contribution in [0.3, 0.4) is 0 Å². The van der Waals surface area contributed by atoms with E-state index < -0.39 is 0 Å². The maximum absolute atomic E-state index is 5.60. The van der Waals surface area contributed by atoms with Crippen LogP contribution in [0.25, 0.3) is 0 Å². The summed E-state index contributed by atoms with van der Waals surface area (Å²) >= 11 is 0. The van der Waals surface area contributed by atoms with E-state index in [1.807, 2.05) is 12.4 Å². The SMILES string of the molecule is NCc1nccn1CC1CCCCN1. The molecule has 1 fully saturated rings. The van der Waals surface area contributed by atoms with Gasteiger partial charge in [-0.3, -0.25) is 0 Å². The molecule has 0 saturated carbocycles. The summed E-state index contributed by atoms with van der Waals surface area (Å²) in [6.45, 7) is 2.68. The fraction of sp³-hybridized carbons (Fsp3) is 0.700. The monoisotopic (exact) mass is 194 g/mol. The van der Waals surface area contributed by atoms with Crippen LogP contribution in [0.2, 0.25) is 0 Å². The zero-order chi connectivity index (χ0) is 9.80. The quantitative estimate of drug-likeness (QED) is 0.736. The average molecular weight is 194 g/mol. The molecule has 1 saturated heterocycles. The molecular weight excluding hydrogens is 176 g/mol. The number of nitrogens with zero attached hydrogens (tertiary/aromatic N) is 2. The fourth-order valence-corrected chi connectivity index (χ4v) is 2.01. The Morgan fingerprint density at radius 3 is 3.21 bits per heavy atom. The van der Waals surface area contributed by atoms with Crippen molar-refractivity contribution in [3.05, 3.63) is 18.2 Å². The summed E-state index contributed by atoms with van der Waals surface area (Å²) in [5, 5.41) is 3.52. The van der Waals surface area contributed by atoms with E-state index in [-0.39, 0.29) is 0 Å². The van der Waals surface area contributed by atoms with Crippen LogP contribution < -0.4 is 11.1 Å². The molecule has 2 rings (SSSR count). The minimum Gasteiger partial charge on any atom is -0.332 e. The zero-order valence-electron chi connectivity index (χ0n) is 8.45. The van der Waals surface area contributed by atoms with E-state index in [0.717, 1.165) is 18.9 Å². The number of imidazole rings is 1. The molecule has 3 N–H and O–H groups in total. The molecule has 0 spiro atoms. The van der Waals surface area contributed by atoms with E-state index in [2.05, 4.69) is 14.9 Å². The van der Waals surface area contributed by atoms with Crippen LogP contribution in [-0.4, -0.2) is 22.1 Å². The highest BCUT2D eigenvalue weighted by Gasteiger charge is 2.13. The molecule has 2 heterocycles. The Balaban J connectivity index is 1.95. The van der Waals surface area contributed by atoms with Crippen molar-refractivity contribution in [2.45, 2.75) is 38.4 Å². The minimum absolute atomic E-state index is 0.528. The zero-order valence-corrected chi connectivity index (χ0v) is 8.45. The Labute approximate surface area is 84.5 Å². The summed E-state index contributed by atoms with van der Waals surface area (Å²) < 4.78 is 2.16. The van der Waals surface area contributed by atoms with E-state index in [4.69, 9.17) is 5.73 Å². The van der Waals surface area contributed by atoms with Crippen molar-refractivity contribution in [1.29, 1.82) is 0 Å². The van der Waals surface area contributed by atoms with Crippen LogP contribution >= 0.6 is 0 Å². The first kappa shape index (κ1) is 9.68. The summed E-state index contributed by atoms with van der Waals surface area (Å²) in [6.07, 6.45) is 7.75. The Kier molecular flexibility index (Phi) is 3.16. The molecule has 14 heavy (non-hydrogen) atoms. The van der Waals surface area contributed by atoms with Crippen LogP contribution in [-0.2, 0) is 13.1 Å². The van der Waals surface area contributed by atoms with Crippen molar-refractivity contribution in [2.75, 3.05) is 6.54 Å². The van der Waals surface area contributed by atoms with Gasteiger partial charge in [0.05, 0.1) is 6.54 Å². The number of nitrogens with one attached hydrogen (secondary N) is 1. The molecule has 1 unspecified atom stereocenters. The Hall–Kier alpha value is -0.870. The molecule has 0 amide bonds. The second kappa shape index (κ2) is 4.57. The third kappa shape index (κ3) is 2.13. The minimum atomic E-state index is 0.528. The summed E-state index contributed by atoms with van der Waals surface area (Å²) in [7, 11) is 0. The Morgan fingerprint density at radius 1 is 1.57 bits per heavy atom. The third-order valence-electron chi connectivity index (χ3n) is 2.81. The number of aromatic nitrogens is 2. The molecule has 4 heteroatoms. The number of hydrogen-bond acceptors (Lipinski definition) is 3. The molecule has 4 nitrogen and oxygen atoms in total. The summed E-state index contributed by atoms with van der Waals surface area (Å²) in [5.41, 5.74) is 5.60. The highest BCUT2D eigenvalue weighted by Crippen LogP contribution is 2.09. The molecule has 1 aliphatic heterocycles. The smallest absolute Gasteiger partial charge is 0.122 e. The van der Waals surface area contributed by atoms with Gasteiger partial charge in [0, 0.05) is 25.0 Å². The maximum atomic E-state index is 5.60. The van der Waals surface area contributed by atoms with Gasteiger partial charge in [0.15, 0.2) is 0 Å². The Morgan fingerprint density at radius 2 is 2.50 bits per heavy atom. The lowest BCUT2D eigenvalue weighted by Gasteiger charge is -2.24. The van der Waals surface area contributed by atoms with Crippen molar-refractivity contribution in [2.24, 2.45) is 5.73 Å². The van der Waals surface area contributed by atoms with Gasteiger partial charge in [-0.15, -0.1) is 0 Å². The molecule has 0 radical (unpaired) electrons.